The first-order valence-electron chi connectivity index (χ1n) is 6.04. The van der Waals surface area contributed by atoms with Crippen LogP contribution in [0.4, 0.5) is 0 Å². The second-order valence-electron chi connectivity index (χ2n) is 4.49. The van der Waals surface area contributed by atoms with Crippen molar-refractivity contribution < 1.29 is 0 Å². The molecule has 2 aromatic rings. The summed E-state index contributed by atoms with van der Waals surface area (Å²) >= 11 is 3.81. The van der Waals surface area contributed by atoms with Crippen LogP contribution in [0.5, 0.6) is 0 Å². The maximum absolute atomic E-state index is 6.28. The molecule has 2 nitrogen and oxygen atoms in total. The minimum Gasteiger partial charge on any atom is -0.326 e. The molecule has 0 radical (unpaired) electrons. The topological polar surface area (TPSA) is 38.9 Å². The van der Waals surface area contributed by atoms with Crippen LogP contribution in [-0.4, -0.2) is 22.0 Å². The van der Waals surface area contributed by atoms with Gasteiger partial charge in [-0.05, 0) is 30.7 Å². The summed E-state index contributed by atoms with van der Waals surface area (Å²) in [6, 6.07) is 8.58. The van der Waals surface area contributed by atoms with Crippen molar-refractivity contribution in [3.63, 3.8) is 0 Å². The fourth-order valence-corrected chi connectivity index (χ4v) is 4.63. The van der Waals surface area contributed by atoms with Gasteiger partial charge in [0.25, 0.3) is 0 Å². The molecule has 0 aliphatic carbocycles. The van der Waals surface area contributed by atoms with Gasteiger partial charge in [-0.1, -0.05) is 12.1 Å². The summed E-state index contributed by atoms with van der Waals surface area (Å²) in [6.07, 6.45) is 3.52. The highest BCUT2D eigenvalue weighted by Gasteiger charge is 2.23. The van der Waals surface area contributed by atoms with Crippen LogP contribution in [0, 0.1) is 0 Å². The van der Waals surface area contributed by atoms with Gasteiger partial charge in [-0.2, -0.15) is 11.8 Å². The third-order valence-corrected chi connectivity index (χ3v) is 5.79. The van der Waals surface area contributed by atoms with Gasteiger partial charge < -0.3 is 5.73 Å². The number of hydrogen-bond acceptors (Lipinski definition) is 4. The van der Waals surface area contributed by atoms with Crippen LogP contribution in [0.3, 0.4) is 0 Å². The molecule has 4 heteroatoms. The first-order chi connectivity index (χ1) is 8.33. The Bertz CT molecular complexity index is 470. The van der Waals surface area contributed by atoms with Crippen molar-refractivity contribution >= 4 is 33.3 Å². The van der Waals surface area contributed by atoms with E-state index in [4.69, 9.17) is 5.73 Å². The van der Waals surface area contributed by atoms with Gasteiger partial charge >= 0.3 is 0 Å². The number of fused-ring (bicyclic) bond motifs is 1. The summed E-state index contributed by atoms with van der Waals surface area (Å²) in [5, 5.41) is 1.83. The Hall–Kier alpha value is -0.580. The molecular weight excluding hydrogens is 248 g/mol. The molecule has 1 aliphatic rings. The molecule has 1 saturated heterocycles. The Morgan fingerprint density at radius 3 is 3.06 bits per heavy atom. The molecule has 0 saturated carbocycles. The quantitative estimate of drug-likeness (QED) is 0.926. The van der Waals surface area contributed by atoms with Gasteiger partial charge in [0, 0.05) is 17.7 Å². The van der Waals surface area contributed by atoms with E-state index in [1.54, 1.807) is 11.3 Å². The fraction of sp³-hybridized carbons (Fsp3) is 0.462. The summed E-state index contributed by atoms with van der Waals surface area (Å²) in [6.45, 7) is 0. The third kappa shape index (κ3) is 2.49. The molecule has 2 atom stereocenters. The average molecular weight is 264 g/mol. The minimum absolute atomic E-state index is 0.267. The van der Waals surface area contributed by atoms with E-state index in [0.717, 1.165) is 11.9 Å². The number of nitrogens with zero attached hydrogens (tertiary/aromatic N) is 1. The van der Waals surface area contributed by atoms with Crippen molar-refractivity contribution in [2.75, 3.05) is 5.75 Å². The van der Waals surface area contributed by atoms with Crippen molar-refractivity contribution in [3.8, 4) is 0 Å². The zero-order chi connectivity index (χ0) is 11.7. The van der Waals surface area contributed by atoms with Gasteiger partial charge in [0.2, 0.25) is 0 Å². The number of hydrogen-bond donors (Lipinski definition) is 1. The average Bonchev–Trinajstić information content (AvgIpc) is 2.97. The van der Waals surface area contributed by atoms with Crippen molar-refractivity contribution in [3.05, 3.63) is 29.3 Å². The fourth-order valence-electron chi connectivity index (χ4n) is 2.28. The zero-order valence-electron chi connectivity index (χ0n) is 9.63. The molecule has 17 heavy (non-hydrogen) atoms. The van der Waals surface area contributed by atoms with E-state index in [9.17, 15) is 0 Å². The van der Waals surface area contributed by atoms with Gasteiger partial charge in [-0.3, -0.25) is 0 Å². The van der Waals surface area contributed by atoms with E-state index in [1.807, 2.05) is 17.8 Å². The van der Waals surface area contributed by atoms with Crippen LogP contribution >= 0.6 is 23.1 Å². The van der Waals surface area contributed by atoms with E-state index >= 15 is 0 Å². The van der Waals surface area contributed by atoms with E-state index in [-0.39, 0.29) is 6.04 Å². The van der Waals surface area contributed by atoms with E-state index < -0.39 is 0 Å². The number of thiazole rings is 1. The van der Waals surface area contributed by atoms with Crippen molar-refractivity contribution in [2.45, 2.75) is 30.6 Å². The summed E-state index contributed by atoms with van der Waals surface area (Å²) < 4.78 is 1.27. The van der Waals surface area contributed by atoms with Crippen molar-refractivity contribution in [1.29, 1.82) is 0 Å². The van der Waals surface area contributed by atoms with Crippen LogP contribution in [0.15, 0.2) is 24.3 Å². The maximum atomic E-state index is 6.28. The SMILES string of the molecule is NC(Cc1nc2ccccc2s1)C1CCCS1. The molecule has 0 bridgehead atoms. The van der Waals surface area contributed by atoms with Gasteiger partial charge in [-0.25, -0.2) is 4.98 Å². The Morgan fingerprint density at radius 1 is 1.41 bits per heavy atom. The van der Waals surface area contributed by atoms with Crippen molar-refractivity contribution in [1.82, 2.24) is 4.98 Å². The standard InChI is InChI=1S/C13H16N2S2/c14-9(11-6-3-7-16-11)8-13-15-10-4-1-2-5-12(10)17-13/h1-2,4-5,9,11H,3,6-8,14H2. The Kier molecular flexibility index (Phi) is 3.36. The molecule has 90 valence electrons. The van der Waals surface area contributed by atoms with Crippen LogP contribution < -0.4 is 5.73 Å². The molecule has 0 amide bonds. The second-order valence-corrected chi connectivity index (χ2v) is 6.96. The lowest BCUT2D eigenvalue weighted by Gasteiger charge is -2.16. The molecular formula is C13H16N2S2. The van der Waals surface area contributed by atoms with Gasteiger partial charge in [0.15, 0.2) is 0 Å². The molecule has 1 aromatic carbocycles. The second kappa shape index (κ2) is 4.96. The van der Waals surface area contributed by atoms with Gasteiger partial charge in [0.1, 0.15) is 0 Å². The minimum atomic E-state index is 0.267. The highest BCUT2D eigenvalue weighted by molar-refractivity contribution is 8.00. The van der Waals surface area contributed by atoms with E-state index in [1.165, 1.54) is 28.3 Å². The molecule has 1 aromatic heterocycles. The van der Waals surface area contributed by atoms with E-state index in [0.29, 0.717) is 5.25 Å². The number of para-hydroxylation sites is 1. The number of benzene rings is 1. The van der Waals surface area contributed by atoms with Gasteiger partial charge in [-0.15, -0.1) is 11.3 Å². The summed E-state index contributed by atoms with van der Waals surface area (Å²) in [4.78, 5) is 4.65. The lowest BCUT2D eigenvalue weighted by molar-refractivity contribution is 0.608. The third-order valence-electron chi connectivity index (χ3n) is 3.19. The van der Waals surface area contributed by atoms with E-state index in [2.05, 4.69) is 23.2 Å². The number of thioether (sulfide) groups is 1. The highest BCUT2D eigenvalue weighted by Crippen LogP contribution is 2.30. The molecule has 2 heterocycles. The first kappa shape index (κ1) is 11.5. The predicted octanol–water partition coefficient (Wildman–Crippen LogP) is 3.06. The highest BCUT2D eigenvalue weighted by atomic mass is 32.2. The zero-order valence-corrected chi connectivity index (χ0v) is 11.3. The molecule has 0 spiro atoms. The number of nitrogens with two attached hydrogens (primary N) is 1. The first-order valence-corrected chi connectivity index (χ1v) is 7.91. The Labute approximate surface area is 110 Å². The van der Waals surface area contributed by atoms with Crippen LogP contribution in [0.2, 0.25) is 0 Å². The summed E-state index contributed by atoms with van der Waals surface area (Å²) in [7, 11) is 0. The smallest absolute Gasteiger partial charge is 0.0954 e. The van der Waals surface area contributed by atoms with Crippen LogP contribution in [0.1, 0.15) is 17.8 Å². The van der Waals surface area contributed by atoms with Crippen LogP contribution in [-0.2, 0) is 6.42 Å². The molecule has 1 fully saturated rings. The lowest BCUT2D eigenvalue weighted by Crippen LogP contribution is -2.32. The summed E-state index contributed by atoms with van der Waals surface area (Å²) in [5.41, 5.74) is 7.39. The molecule has 1 aliphatic heterocycles. The monoisotopic (exact) mass is 264 g/mol. The molecule has 2 unspecified atom stereocenters. The van der Waals surface area contributed by atoms with Crippen LogP contribution in [0.25, 0.3) is 10.2 Å². The normalized spacial score (nSPS) is 22.1. The molecule has 2 N–H and O–H groups in total. The maximum Gasteiger partial charge on any atom is 0.0954 e. The number of aromatic nitrogens is 1. The van der Waals surface area contributed by atoms with Gasteiger partial charge in [0.05, 0.1) is 15.2 Å². The number of rotatable bonds is 3. The predicted molar refractivity (Wildman–Crippen MR) is 76.8 cm³/mol. The summed E-state index contributed by atoms with van der Waals surface area (Å²) in [5.74, 6) is 1.28. The van der Waals surface area contributed by atoms with Crippen molar-refractivity contribution in [2.24, 2.45) is 5.73 Å². The molecule has 3 rings (SSSR count). The lowest BCUT2D eigenvalue weighted by atomic mass is 10.1. The largest absolute Gasteiger partial charge is 0.326 e. The Balaban J connectivity index is 1.75. The Morgan fingerprint density at radius 2 is 2.29 bits per heavy atom.